The molecule has 0 radical (unpaired) electrons. The van der Waals surface area contributed by atoms with E-state index in [9.17, 15) is 9.59 Å². The molecule has 0 fully saturated rings. The van der Waals surface area contributed by atoms with Gasteiger partial charge in [-0.15, -0.1) is 11.3 Å². The number of rotatable bonds is 9. The first-order valence-electron chi connectivity index (χ1n) is 16.5. The lowest BCUT2D eigenvalue weighted by molar-refractivity contribution is -0.140. The first-order valence-corrected chi connectivity index (χ1v) is 17.4. The van der Waals surface area contributed by atoms with E-state index in [1.807, 2.05) is 61.5 Å². The molecule has 0 aliphatic carbocycles. The lowest BCUT2D eigenvalue weighted by atomic mass is 9.92. The number of benzene rings is 5. The molecule has 2 heterocycles. The van der Waals surface area contributed by atoms with E-state index in [-0.39, 0.29) is 5.43 Å². The molecule has 0 aliphatic heterocycles. The highest BCUT2D eigenvalue weighted by atomic mass is 32.1. The summed E-state index contributed by atoms with van der Waals surface area (Å²) in [4.78, 5) is 31.9. The molecule has 0 saturated carbocycles. The Hall–Kier alpha value is -4.81. The summed E-state index contributed by atoms with van der Waals surface area (Å²) in [6.07, 6.45) is 4.59. The molecule has 6 heteroatoms. The molecule has 0 aliphatic rings. The summed E-state index contributed by atoms with van der Waals surface area (Å²) in [6, 6.07) is 30.8. The topological polar surface area (TPSA) is 60.7 Å². The van der Waals surface area contributed by atoms with Crippen molar-refractivity contribution >= 4 is 75.8 Å². The quantitative estimate of drug-likeness (QED) is 0.0684. The predicted molar refractivity (Wildman–Crippen MR) is 198 cm³/mol. The molecule has 7 aromatic rings. The molecular weight excluding hydrogens is 601 g/mol. The smallest absolute Gasteiger partial charge is 0.332 e. The zero-order valence-corrected chi connectivity index (χ0v) is 28.1. The van der Waals surface area contributed by atoms with Gasteiger partial charge in [0, 0.05) is 66.4 Å². The Kier molecular flexibility index (Phi) is 8.37. The monoisotopic (exact) mass is 638 g/mol. The van der Waals surface area contributed by atoms with Gasteiger partial charge in [-0.05, 0) is 60.5 Å². The van der Waals surface area contributed by atoms with Crippen molar-refractivity contribution in [2.45, 2.75) is 59.9 Å². The van der Waals surface area contributed by atoms with E-state index in [1.54, 1.807) is 11.3 Å². The van der Waals surface area contributed by atoms with Crippen LogP contribution in [0.1, 0.15) is 63.1 Å². The van der Waals surface area contributed by atoms with Gasteiger partial charge >= 0.3 is 5.97 Å². The van der Waals surface area contributed by atoms with Crippen LogP contribution in [0.5, 0.6) is 0 Å². The van der Waals surface area contributed by atoms with Crippen LogP contribution < -0.4 is 5.43 Å². The van der Waals surface area contributed by atoms with E-state index in [1.165, 1.54) is 13.3 Å². The van der Waals surface area contributed by atoms with Crippen molar-refractivity contribution in [2.75, 3.05) is 0 Å². The Morgan fingerprint density at radius 2 is 1.55 bits per heavy atom. The van der Waals surface area contributed by atoms with Crippen LogP contribution in [0.25, 0.3) is 52.8 Å². The van der Waals surface area contributed by atoms with E-state index < -0.39 is 5.97 Å². The van der Waals surface area contributed by atoms with Gasteiger partial charge in [0.25, 0.3) is 0 Å². The molecule has 0 saturated heterocycles. The van der Waals surface area contributed by atoms with Gasteiger partial charge in [0.05, 0.1) is 5.52 Å². The molecule has 0 spiro atoms. The fourth-order valence-corrected chi connectivity index (χ4v) is 8.18. The van der Waals surface area contributed by atoms with Crippen molar-refractivity contribution in [1.82, 2.24) is 4.57 Å². The lowest BCUT2D eigenvalue weighted by Crippen LogP contribution is -2.11. The van der Waals surface area contributed by atoms with Crippen molar-refractivity contribution in [3.63, 3.8) is 0 Å². The maximum Gasteiger partial charge on any atom is 0.332 e. The van der Waals surface area contributed by atoms with Gasteiger partial charge in [-0.1, -0.05) is 98.9 Å². The largest absolute Gasteiger partial charge is 0.340 e. The highest BCUT2D eigenvalue weighted by molar-refractivity contribution is 7.24. The Bertz CT molecular complexity index is 2420. The van der Waals surface area contributed by atoms with E-state index >= 15 is 0 Å². The second kappa shape index (κ2) is 12.8. The molecule has 0 bridgehead atoms. The highest BCUT2D eigenvalue weighted by Gasteiger charge is 2.24. The van der Waals surface area contributed by atoms with Crippen LogP contribution in [0.3, 0.4) is 0 Å². The SMILES string of the molecule is CCCCC(CC)Cn1c2ccc3sc4ccccc4c(=O)c3c2c2cc(C(=NOC(C)=O)c3ccccc3C)c3ccccc3c21. The van der Waals surface area contributed by atoms with Gasteiger partial charge in [0.2, 0.25) is 0 Å². The Morgan fingerprint density at radius 1 is 0.830 bits per heavy atom. The molecule has 2 aromatic heterocycles. The first kappa shape index (κ1) is 30.8. The number of unbranched alkanes of at least 4 members (excludes halogenated alkanes) is 1. The Morgan fingerprint density at radius 3 is 2.30 bits per heavy atom. The molecular formula is C41H38N2O3S. The lowest BCUT2D eigenvalue weighted by Gasteiger charge is -2.19. The van der Waals surface area contributed by atoms with Crippen LogP contribution in [-0.4, -0.2) is 16.2 Å². The van der Waals surface area contributed by atoms with Crippen molar-refractivity contribution < 1.29 is 9.63 Å². The summed E-state index contributed by atoms with van der Waals surface area (Å²) >= 11 is 1.66. The van der Waals surface area contributed by atoms with Crippen LogP contribution in [-0.2, 0) is 16.2 Å². The Labute approximate surface area is 278 Å². The minimum atomic E-state index is -0.480. The van der Waals surface area contributed by atoms with Crippen molar-refractivity contribution in [3.05, 3.63) is 118 Å². The van der Waals surface area contributed by atoms with Gasteiger partial charge in [0.1, 0.15) is 5.71 Å². The zero-order valence-electron chi connectivity index (χ0n) is 27.3. The van der Waals surface area contributed by atoms with Crippen LogP contribution in [0.4, 0.5) is 0 Å². The molecule has 236 valence electrons. The number of hydrogen-bond acceptors (Lipinski definition) is 5. The summed E-state index contributed by atoms with van der Waals surface area (Å²) in [5.74, 6) is 0.0215. The van der Waals surface area contributed by atoms with Crippen molar-refractivity contribution in [1.29, 1.82) is 0 Å². The normalized spacial score (nSPS) is 12.9. The van der Waals surface area contributed by atoms with E-state index in [2.05, 4.69) is 60.0 Å². The summed E-state index contributed by atoms with van der Waals surface area (Å²) in [5.41, 5.74) is 5.59. The van der Waals surface area contributed by atoms with Gasteiger partial charge in [-0.25, -0.2) is 4.79 Å². The van der Waals surface area contributed by atoms with Gasteiger partial charge in [-0.2, -0.15) is 0 Å². The van der Waals surface area contributed by atoms with E-state index in [4.69, 9.17) is 4.84 Å². The summed E-state index contributed by atoms with van der Waals surface area (Å²) in [6.45, 7) is 8.80. The Balaban J connectivity index is 1.67. The number of nitrogens with zero attached hydrogens (tertiary/aromatic N) is 2. The van der Waals surface area contributed by atoms with Gasteiger partial charge < -0.3 is 9.40 Å². The van der Waals surface area contributed by atoms with Crippen LogP contribution in [0.15, 0.2) is 101 Å². The maximum absolute atomic E-state index is 14.4. The maximum atomic E-state index is 14.4. The molecule has 1 atom stereocenters. The third-order valence-electron chi connectivity index (χ3n) is 9.47. The number of carbonyl (C=O) groups is 1. The second-order valence-electron chi connectivity index (χ2n) is 12.5. The summed E-state index contributed by atoms with van der Waals surface area (Å²) < 4.78 is 4.43. The average molecular weight is 639 g/mol. The third-order valence-corrected chi connectivity index (χ3v) is 10.6. The van der Waals surface area contributed by atoms with Crippen molar-refractivity contribution in [3.8, 4) is 0 Å². The van der Waals surface area contributed by atoms with Crippen LogP contribution in [0, 0.1) is 12.8 Å². The fourth-order valence-electron chi connectivity index (χ4n) is 7.09. The third kappa shape index (κ3) is 5.40. The fraction of sp³-hybridized carbons (Fsp3) is 0.244. The summed E-state index contributed by atoms with van der Waals surface area (Å²) in [5, 5.41) is 10.1. The molecule has 0 amide bonds. The van der Waals surface area contributed by atoms with Crippen LogP contribution >= 0.6 is 11.3 Å². The molecule has 1 unspecified atom stereocenters. The molecule has 0 N–H and O–H groups in total. The van der Waals surface area contributed by atoms with Crippen LogP contribution in [0.2, 0.25) is 0 Å². The summed E-state index contributed by atoms with van der Waals surface area (Å²) in [7, 11) is 0. The molecule has 47 heavy (non-hydrogen) atoms. The first-order chi connectivity index (χ1) is 22.9. The average Bonchev–Trinajstić information content (AvgIpc) is 3.40. The number of aromatic nitrogens is 1. The molecule has 5 nitrogen and oxygen atoms in total. The predicted octanol–water partition coefficient (Wildman–Crippen LogP) is 10.5. The van der Waals surface area contributed by atoms with Crippen molar-refractivity contribution in [2.24, 2.45) is 11.1 Å². The number of carbonyl (C=O) groups excluding carboxylic acids is 1. The highest BCUT2D eigenvalue weighted by Crippen LogP contribution is 2.42. The molecule has 5 aromatic carbocycles. The van der Waals surface area contributed by atoms with E-state index in [0.717, 1.165) is 95.2 Å². The van der Waals surface area contributed by atoms with Gasteiger partial charge in [-0.3, -0.25) is 4.79 Å². The van der Waals surface area contributed by atoms with E-state index in [0.29, 0.717) is 11.6 Å². The second-order valence-corrected chi connectivity index (χ2v) is 13.6. The number of oxime groups is 1. The van der Waals surface area contributed by atoms with Gasteiger partial charge in [0.15, 0.2) is 5.43 Å². The molecule has 7 rings (SSSR count). The standard InChI is InChI=1S/C41H38N2O3S/c1-5-7-15-27(6-2)24-43-34-21-22-36-38(41(45)31-19-12-13-20-35(31)47-36)37(34)33-23-32(29-17-10-11-18-30(29)40(33)43)39(42-46-26(4)44)28-16-9-8-14-25(28)3/h8-14,16-23,27H,5-7,15,24H2,1-4H3. The number of aryl methyl sites for hydroxylation is 1. The minimum absolute atomic E-state index is 0.0550. The number of fused-ring (bicyclic) bond motifs is 8. The zero-order chi connectivity index (χ0) is 32.7. The minimum Gasteiger partial charge on any atom is -0.340 e. The number of hydrogen-bond donors (Lipinski definition) is 0.